The Bertz CT molecular complexity index is 646. The fourth-order valence-electron chi connectivity index (χ4n) is 1.62. The average molecular weight is 341 g/mol. The normalized spacial score (nSPS) is 10.3. The van der Waals surface area contributed by atoms with Crippen LogP contribution in [0.15, 0.2) is 22.7 Å². The minimum Gasteiger partial charge on any atom is -0.339 e. The van der Waals surface area contributed by atoms with Crippen LogP contribution in [-0.2, 0) is 0 Å². The fourth-order valence-corrected chi connectivity index (χ4v) is 2.24. The molecule has 1 aromatic heterocycles. The van der Waals surface area contributed by atoms with Gasteiger partial charge in [-0.25, -0.2) is 9.97 Å². The molecule has 0 aliphatic carbocycles. The molecular formula is C13H11BrClN3O. The van der Waals surface area contributed by atoms with E-state index in [0.29, 0.717) is 17.9 Å². The van der Waals surface area contributed by atoms with Gasteiger partial charge in [-0.05, 0) is 31.5 Å². The van der Waals surface area contributed by atoms with E-state index in [-0.39, 0.29) is 10.7 Å². The Morgan fingerprint density at radius 3 is 2.74 bits per heavy atom. The topological polar surface area (TPSA) is 54.9 Å². The standard InChI is InChI=1S/C13H11BrClN3O/c1-7-10(14)4-3-5-11(7)18-13-9(6-19)12(15)16-8(2)17-13/h3-6H,1-2H3,(H,16,17,18). The number of anilines is 2. The summed E-state index contributed by atoms with van der Waals surface area (Å²) in [7, 11) is 0. The Hall–Kier alpha value is -1.46. The molecule has 2 rings (SSSR count). The summed E-state index contributed by atoms with van der Waals surface area (Å²) in [5.41, 5.74) is 2.13. The maximum Gasteiger partial charge on any atom is 0.156 e. The van der Waals surface area contributed by atoms with Gasteiger partial charge in [-0.1, -0.05) is 33.6 Å². The number of carbonyl (C=O) groups is 1. The van der Waals surface area contributed by atoms with Crippen molar-refractivity contribution >= 4 is 45.3 Å². The van der Waals surface area contributed by atoms with E-state index in [0.717, 1.165) is 15.7 Å². The van der Waals surface area contributed by atoms with Gasteiger partial charge in [-0.2, -0.15) is 0 Å². The summed E-state index contributed by atoms with van der Waals surface area (Å²) in [5.74, 6) is 0.916. The molecule has 19 heavy (non-hydrogen) atoms. The van der Waals surface area contributed by atoms with Crippen molar-refractivity contribution in [2.45, 2.75) is 13.8 Å². The van der Waals surface area contributed by atoms with Gasteiger partial charge < -0.3 is 5.32 Å². The minimum absolute atomic E-state index is 0.151. The summed E-state index contributed by atoms with van der Waals surface area (Å²) in [5, 5.41) is 3.27. The van der Waals surface area contributed by atoms with E-state index in [4.69, 9.17) is 11.6 Å². The van der Waals surface area contributed by atoms with Crippen molar-refractivity contribution in [3.63, 3.8) is 0 Å². The van der Waals surface area contributed by atoms with Crippen LogP contribution in [0.5, 0.6) is 0 Å². The van der Waals surface area contributed by atoms with Crippen molar-refractivity contribution in [2.75, 3.05) is 5.32 Å². The van der Waals surface area contributed by atoms with Crippen molar-refractivity contribution in [3.8, 4) is 0 Å². The highest BCUT2D eigenvalue weighted by molar-refractivity contribution is 9.10. The Labute approximate surface area is 124 Å². The maximum absolute atomic E-state index is 11.1. The molecule has 0 spiro atoms. The molecule has 1 heterocycles. The number of hydrogen-bond donors (Lipinski definition) is 1. The van der Waals surface area contributed by atoms with Gasteiger partial charge in [0.05, 0.1) is 5.56 Å². The van der Waals surface area contributed by atoms with Crippen LogP contribution in [0, 0.1) is 13.8 Å². The summed E-state index contributed by atoms with van der Waals surface area (Å²) in [4.78, 5) is 19.3. The zero-order chi connectivity index (χ0) is 14.0. The van der Waals surface area contributed by atoms with Crippen molar-refractivity contribution in [1.82, 2.24) is 9.97 Å². The highest BCUT2D eigenvalue weighted by atomic mass is 79.9. The third-order valence-corrected chi connectivity index (χ3v) is 3.80. The van der Waals surface area contributed by atoms with Crippen LogP contribution < -0.4 is 5.32 Å². The first-order valence-corrected chi connectivity index (χ1v) is 6.71. The Kier molecular flexibility index (Phi) is 4.17. The van der Waals surface area contributed by atoms with Crippen LogP contribution >= 0.6 is 27.5 Å². The van der Waals surface area contributed by atoms with Gasteiger partial charge in [0.25, 0.3) is 0 Å². The first-order valence-electron chi connectivity index (χ1n) is 5.54. The lowest BCUT2D eigenvalue weighted by Crippen LogP contribution is -2.04. The van der Waals surface area contributed by atoms with E-state index < -0.39 is 0 Å². The van der Waals surface area contributed by atoms with Gasteiger partial charge in [0.15, 0.2) is 6.29 Å². The number of nitrogens with zero attached hydrogens (tertiary/aromatic N) is 2. The molecule has 6 heteroatoms. The lowest BCUT2D eigenvalue weighted by molar-refractivity contribution is 0.112. The number of aromatic nitrogens is 2. The molecule has 0 fully saturated rings. The second-order valence-electron chi connectivity index (χ2n) is 3.98. The summed E-state index contributed by atoms with van der Waals surface area (Å²) in [6.45, 7) is 3.68. The zero-order valence-corrected chi connectivity index (χ0v) is 12.7. The van der Waals surface area contributed by atoms with Crippen molar-refractivity contribution < 1.29 is 4.79 Å². The summed E-state index contributed by atoms with van der Waals surface area (Å²) < 4.78 is 0.974. The number of aldehydes is 1. The number of nitrogens with one attached hydrogen (secondary N) is 1. The maximum atomic E-state index is 11.1. The molecule has 2 aromatic rings. The van der Waals surface area contributed by atoms with Crippen LogP contribution in [-0.4, -0.2) is 16.3 Å². The highest BCUT2D eigenvalue weighted by Crippen LogP contribution is 2.28. The molecule has 0 amide bonds. The van der Waals surface area contributed by atoms with Gasteiger partial charge in [-0.3, -0.25) is 4.79 Å². The summed E-state index contributed by atoms with van der Waals surface area (Å²) in [6.07, 6.45) is 0.650. The second kappa shape index (κ2) is 5.67. The van der Waals surface area contributed by atoms with Gasteiger partial charge in [0, 0.05) is 10.2 Å². The van der Waals surface area contributed by atoms with E-state index in [2.05, 4.69) is 31.2 Å². The number of halogens is 2. The Morgan fingerprint density at radius 2 is 2.05 bits per heavy atom. The lowest BCUT2D eigenvalue weighted by Gasteiger charge is -2.12. The van der Waals surface area contributed by atoms with Crippen LogP contribution in [0.2, 0.25) is 5.15 Å². The predicted molar refractivity (Wildman–Crippen MR) is 79.3 cm³/mol. The summed E-state index contributed by atoms with van der Waals surface area (Å²) >= 11 is 9.40. The quantitative estimate of drug-likeness (QED) is 0.676. The first-order chi connectivity index (χ1) is 9.02. The Balaban J connectivity index is 2.49. The molecule has 0 atom stereocenters. The molecule has 0 radical (unpaired) electrons. The number of aryl methyl sites for hydroxylation is 1. The number of benzene rings is 1. The number of carbonyl (C=O) groups excluding carboxylic acids is 1. The molecule has 0 bridgehead atoms. The van der Waals surface area contributed by atoms with Gasteiger partial charge in [-0.15, -0.1) is 0 Å². The smallest absolute Gasteiger partial charge is 0.156 e. The van der Waals surface area contributed by atoms with E-state index in [9.17, 15) is 4.79 Å². The molecule has 0 saturated carbocycles. The molecule has 0 aliphatic heterocycles. The third-order valence-electron chi connectivity index (χ3n) is 2.65. The molecule has 98 valence electrons. The van der Waals surface area contributed by atoms with Crippen molar-refractivity contribution in [1.29, 1.82) is 0 Å². The van der Waals surface area contributed by atoms with E-state index in [1.165, 1.54) is 0 Å². The van der Waals surface area contributed by atoms with Crippen LogP contribution in [0.3, 0.4) is 0 Å². The fraction of sp³-hybridized carbons (Fsp3) is 0.154. The molecule has 4 nitrogen and oxygen atoms in total. The first kappa shape index (κ1) is 14.0. The highest BCUT2D eigenvalue weighted by Gasteiger charge is 2.12. The molecule has 1 N–H and O–H groups in total. The molecule has 0 unspecified atom stereocenters. The van der Waals surface area contributed by atoms with Gasteiger partial charge >= 0.3 is 0 Å². The Morgan fingerprint density at radius 1 is 1.32 bits per heavy atom. The SMILES string of the molecule is Cc1nc(Cl)c(C=O)c(Nc2cccc(Br)c2C)n1. The lowest BCUT2D eigenvalue weighted by atomic mass is 10.2. The van der Waals surface area contributed by atoms with Gasteiger partial charge in [0.2, 0.25) is 0 Å². The zero-order valence-electron chi connectivity index (χ0n) is 10.4. The van der Waals surface area contributed by atoms with Crippen LogP contribution in [0.4, 0.5) is 11.5 Å². The number of hydrogen-bond acceptors (Lipinski definition) is 4. The van der Waals surface area contributed by atoms with E-state index in [1.54, 1.807) is 6.92 Å². The van der Waals surface area contributed by atoms with E-state index in [1.807, 2.05) is 25.1 Å². The second-order valence-corrected chi connectivity index (χ2v) is 5.19. The van der Waals surface area contributed by atoms with Crippen molar-refractivity contribution in [2.24, 2.45) is 0 Å². The molecule has 0 saturated heterocycles. The average Bonchev–Trinajstić information content (AvgIpc) is 2.34. The molecule has 0 aliphatic rings. The van der Waals surface area contributed by atoms with Crippen molar-refractivity contribution in [3.05, 3.63) is 44.8 Å². The van der Waals surface area contributed by atoms with Gasteiger partial charge in [0.1, 0.15) is 16.8 Å². The van der Waals surface area contributed by atoms with E-state index >= 15 is 0 Å². The third kappa shape index (κ3) is 2.93. The molecular weight excluding hydrogens is 330 g/mol. The monoisotopic (exact) mass is 339 g/mol. The largest absolute Gasteiger partial charge is 0.339 e. The number of rotatable bonds is 3. The minimum atomic E-state index is 0.151. The van der Waals surface area contributed by atoms with Crippen LogP contribution in [0.25, 0.3) is 0 Å². The predicted octanol–water partition coefficient (Wildman–Crippen LogP) is 4.07. The summed E-state index contributed by atoms with van der Waals surface area (Å²) in [6, 6.07) is 5.75. The molecule has 1 aromatic carbocycles. The van der Waals surface area contributed by atoms with Crippen LogP contribution in [0.1, 0.15) is 21.7 Å².